The van der Waals surface area contributed by atoms with Crippen molar-refractivity contribution in [2.24, 2.45) is 5.84 Å². The molecule has 0 bridgehead atoms. The minimum absolute atomic E-state index is 0.264. The van der Waals surface area contributed by atoms with Crippen molar-refractivity contribution in [1.82, 2.24) is 9.97 Å². The molecule has 0 spiro atoms. The SMILES string of the molecule is CC(C)N(Cc1cccs1)c1nc(NN)ncc1Cl. The average molecular weight is 298 g/mol. The highest BCUT2D eigenvalue weighted by Crippen LogP contribution is 2.27. The third kappa shape index (κ3) is 3.34. The zero-order chi connectivity index (χ0) is 13.8. The number of aromatic nitrogens is 2. The Morgan fingerprint density at radius 2 is 2.32 bits per heavy atom. The summed E-state index contributed by atoms with van der Waals surface area (Å²) in [6.45, 7) is 4.96. The lowest BCUT2D eigenvalue weighted by Gasteiger charge is -2.28. The Morgan fingerprint density at radius 1 is 1.53 bits per heavy atom. The molecule has 7 heteroatoms. The first-order valence-corrected chi connectivity index (χ1v) is 7.15. The van der Waals surface area contributed by atoms with Crippen molar-refractivity contribution >= 4 is 34.7 Å². The summed E-state index contributed by atoms with van der Waals surface area (Å²) in [7, 11) is 0. The lowest BCUT2D eigenvalue weighted by atomic mass is 10.3. The first-order chi connectivity index (χ1) is 9.11. The molecule has 0 saturated carbocycles. The van der Waals surface area contributed by atoms with Crippen molar-refractivity contribution in [3.8, 4) is 0 Å². The van der Waals surface area contributed by atoms with Gasteiger partial charge >= 0.3 is 0 Å². The maximum Gasteiger partial charge on any atom is 0.239 e. The minimum atomic E-state index is 0.264. The molecule has 0 atom stereocenters. The van der Waals surface area contributed by atoms with Gasteiger partial charge in [-0.1, -0.05) is 17.7 Å². The lowest BCUT2D eigenvalue weighted by Crippen LogP contribution is -2.31. The van der Waals surface area contributed by atoms with Crippen LogP contribution in [0.3, 0.4) is 0 Å². The Labute approximate surface area is 121 Å². The van der Waals surface area contributed by atoms with E-state index >= 15 is 0 Å². The first-order valence-electron chi connectivity index (χ1n) is 5.90. The second-order valence-electron chi connectivity index (χ2n) is 4.31. The molecule has 2 aromatic rings. The summed E-state index contributed by atoms with van der Waals surface area (Å²) >= 11 is 7.91. The van der Waals surface area contributed by atoms with E-state index in [-0.39, 0.29) is 6.04 Å². The van der Waals surface area contributed by atoms with E-state index in [0.29, 0.717) is 16.8 Å². The van der Waals surface area contributed by atoms with Gasteiger partial charge in [-0.25, -0.2) is 10.8 Å². The van der Waals surface area contributed by atoms with Crippen molar-refractivity contribution in [2.45, 2.75) is 26.4 Å². The highest BCUT2D eigenvalue weighted by Gasteiger charge is 2.17. The number of hydrogen-bond donors (Lipinski definition) is 2. The van der Waals surface area contributed by atoms with Crippen LogP contribution in [0.5, 0.6) is 0 Å². The Balaban J connectivity index is 2.33. The van der Waals surface area contributed by atoms with E-state index in [1.165, 1.54) is 4.88 Å². The number of halogens is 1. The average Bonchev–Trinajstić information content (AvgIpc) is 2.89. The Kier molecular flexibility index (Phi) is 4.57. The van der Waals surface area contributed by atoms with Crippen LogP contribution in [-0.2, 0) is 6.54 Å². The van der Waals surface area contributed by atoms with Gasteiger partial charge in [0.05, 0.1) is 12.7 Å². The molecule has 2 heterocycles. The number of anilines is 2. The third-order valence-corrected chi connectivity index (χ3v) is 3.78. The van der Waals surface area contributed by atoms with Crippen molar-refractivity contribution in [1.29, 1.82) is 0 Å². The van der Waals surface area contributed by atoms with E-state index in [4.69, 9.17) is 17.4 Å². The number of hydrogen-bond acceptors (Lipinski definition) is 6. The van der Waals surface area contributed by atoms with Crippen molar-refractivity contribution in [2.75, 3.05) is 10.3 Å². The van der Waals surface area contributed by atoms with Crippen LogP contribution in [0.4, 0.5) is 11.8 Å². The molecule has 3 N–H and O–H groups in total. The fourth-order valence-electron chi connectivity index (χ4n) is 1.70. The molecule has 0 aromatic carbocycles. The quantitative estimate of drug-likeness (QED) is 0.656. The molecule has 102 valence electrons. The van der Waals surface area contributed by atoms with Gasteiger partial charge in [-0.3, -0.25) is 5.43 Å². The van der Waals surface area contributed by atoms with Crippen molar-refractivity contribution < 1.29 is 0 Å². The van der Waals surface area contributed by atoms with Crippen LogP contribution in [0, 0.1) is 0 Å². The van der Waals surface area contributed by atoms with E-state index < -0.39 is 0 Å². The molecular weight excluding hydrogens is 282 g/mol. The van der Waals surface area contributed by atoms with E-state index in [1.807, 2.05) is 6.07 Å². The number of hydrazine groups is 1. The number of thiophene rings is 1. The van der Waals surface area contributed by atoms with Crippen LogP contribution in [0.1, 0.15) is 18.7 Å². The molecule has 2 aromatic heterocycles. The summed E-state index contributed by atoms with van der Waals surface area (Å²) in [5.41, 5.74) is 2.44. The smallest absolute Gasteiger partial charge is 0.239 e. The van der Waals surface area contributed by atoms with E-state index in [2.05, 4.69) is 45.6 Å². The van der Waals surface area contributed by atoms with Crippen LogP contribution >= 0.6 is 22.9 Å². The number of rotatable bonds is 5. The molecular formula is C12H16ClN5S. The number of nitrogens with zero attached hydrogens (tertiary/aromatic N) is 3. The largest absolute Gasteiger partial charge is 0.348 e. The minimum Gasteiger partial charge on any atom is -0.348 e. The number of nitrogens with two attached hydrogens (primary N) is 1. The zero-order valence-electron chi connectivity index (χ0n) is 10.8. The van der Waals surface area contributed by atoms with Crippen LogP contribution in [0.25, 0.3) is 0 Å². The van der Waals surface area contributed by atoms with Gasteiger partial charge in [0, 0.05) is 10.9 Å². The molecule has 0 aliphatic heterocycles. The second kappa shape index (κ2) is 6.18. The van der Waals surface area contributed by atoms with Gasteiger partial charge in [-0.05, 0) is 25.3 Å². The van der Waals surface area contributed by atoms with Gasteiger partial charge in [-0.2, -0.15) is 4.98 Å². The predicted molar refractivity (Wildman–Crippen MR) is 80.5 cm³/mol. The molecule has 19 heavy (non-hydrogen) atoms. The van der Waals surface area contributed by atoms with Crippen LogP contribution in [-0.4, -0.2) is 16.0 Å². The molecule has 2 rings (SSSR count). The van der Waals surface area contributed by atoms with Gasteiger partial charge in [0.2, 0.25) is 5.95 Å². The Morgan fingerprint density at radius 3 is 2.89 bits per heavy atom. The van der Waals surface area contributed by atoms with Crippen LogP contribution < -0.4 is 16.2 Å². The summed E-state index contributed by atoms with van der Waals surface area (Å²) in [5, 5.41) is 2.58. The first kappa shape index (κ1) is 14.0. The monoisotopic (exact) mass is 297 g/mol. The standard InChI is InChI=1S/C12H16ClN5S/c1-8(2)18(7-9-4-3-5-19-9)11-10(13)6-15-12(16-11)17-14/h3-6,8H,7,14H2,1-2H3,(H,15,16,17). The highest BCUT2D eigenvalue weighted by atomic mass is 35.5. The van der Waals surface area contributed by atoms with Gasteiger partial charge in [0.1, 0.15) is 5.02 Å². The number of nitrogens with one attached hydrogen (secondary N) is 1. The second-order valence-corrected chi connectivity index (χ2v) is 5.75. The Hall–Kier alpha value is -1.37. The van der Waals surface area contributed by atoms with E-state index in [9.17, 15) is 0 Å². The van der Waals surface area contributed by atoms with E-state index in [0.717, 1.165) is 6.54 Å². The lowest BCUT2D eigenvalue weighted by molar-refractivity contribution is 0.676. The molecule has 0 unspecified atom stereocenters. The molecule has 5 nitrogen and oxygen atoms in total. The third-order valence-electron chi connectivity index (χ3n) is 2.66. The summed E-state index contributed by atoms with van der Waals surface area (Å²) in [6.07, 6.45) is 1.56. The zero-order valence-corrected chi connectivity index (χ0v) is 12.4. The maximum absolute atomic E-state index is 6.20. The topological polar surface area (TPSA) is 67.1 Å². The normalized spacial score (nSPS) is 10.8. The molecule has 0 saturated heterocycles. The summed E-state index contributed by atoms with van der Waals surface area (Å²) in [5.74, 6) is 6.39. The van der Waals surface area contributed by atoms with E-state index in [1.54, 1.807) is 17.5 Å². The summed E-state index contributed by atoms with van der Waals surface area (Å²) in [4.78, 5) is 11.7. The van der Waals surface area contributed by atoms with Gasteiger partial charge in [-0.15, -0.1) is 11.3 Å². The fourth-order valence-corrected chi connectivity index (χ4v) is 2.60. The molecule has 0 fully saturated rings. The summed E-state index contributed by atoms with van der Waals surface area (Å²) < 4.78 is 0. The molecule has 0 radical (unpaired) electrons. The fraction of sp³-hybridized carbons (Fsp3) is 0.333. The maximum atomic E-state index is 6.20. The summed E-state index contributed by atoms with van der Waals surface area (Å²) in [6, 6.07) is 4.39. The van der Waals surface area contributed by atoms with Gasteiger partial charge in [0.15, 0.2) is 5.82 Å². The van der Waals surface area contributed by atoms with Crippen LogP contribution in [0.2, 0.25) is 5.02 Å². The predicted octanol–water partition coefficient (Wildman–Crippen LogP) is 2.89. The van der Waals surface area contributed by atoms with Gasteiger partial charge < -0.3 is 4.90 Å². The van der Waals surface area contributed by atoms with Crippen molar-refractivity contribution in [3.05, 3.63) is 33.6 Å². The van der Waals surface area contributed by atoms with Crippen molar-refractivity contribution in [3.63, 3.8) is 0 Å². The highest BCUT2D eigenvalue weighted by molar-refractivity contribution is 7.09. The molecule has 0 amide bonds. The molecule has 0 aliphatic rings. The van der Waals surface area contributed by atoms with Gasteiger partial charge in [0.25, 0.3) is 0 Å². The number of nitrogen functional groups attached to an aromatic ring is 1. The Bertz CT molecular complexity index is 529. The van der Waals surface area contributed by atoms with Crippen LogP contribution in [0.15, 0.2) is 23.7 Å². The molecule has 0 aliphatic carbocycles.